The van der Waals surface area contributed by atoms with Crippen molar-refractivity contribution >= 4 is 68.3 Å². The lowest BCUT2D eigenvalue weighted by Crippen LogP contribution is -2.61. The van der Waals surface area contributed by atoms with Crippen LogP contribution in [0.25, 0.3) is 10.8 Å². The third kappa shape index (κ3) is 9.41. The molecule has 3 aromatic rings. The van der Waals surface area contributed by atoms with Crippen LogP contribution in [0.4, 0.5) is 16.2 Å². The van der Waals surface area contributed by atoms with Gasteiger partial charge in [-0.2, -0.15) is 0 Å². The van der Waals surface area contributed by atoms with Gasteiger partial charge in [0, 0.05) is 23.9 Å². The Bertz CT molecular complexity index is 1770. The van der Waals surface area contributed by atoms with Gasteiger partial charge in [0.1, 0.15) is 22.4 Å². The molecule has 1 saturated heterocycles. The Labute approximate surface area is 323 Å². The van der Waals surface area contributed by atoms with Gasteiger partial charge in [-0.3, -0.25) is 19.4 Å². The molecule has 3 aliphatic heterocycles. The Morgan fingerprint density at radius 1 is 0.981 bits per heavy atom. The molecule has 0 bridgehead atoms. The van der Waals surface area contributed by atoms with Crippen molar-refractivity contribution in [3.63, 3.8) is 0 Å². The van der Waals surface area contributed by atoms with Crippen molar-refractivity contribution in [3.05, 3.63) is 60.2 Å². The van der Waals surface area contributed by atoms with Gasteiger partial charge >= 0.3 is 11.9 Å². The molecular formula is C42H55N3O6S2. The van der Waals surface area contributed by atoms with E-state index in [4.69, 9.17) is 19.2 Å². The van der Waals surface area contributed by atoms with E-state index in [2.05, 4.69) is 43.1 Å². The van der Waals surface area contributed by atoms with Crippen molar-refractivity contribution in [3.8, 4) is 11.5 Å². The number of ether oxygens (including phenoxy) is 3. The van der Waals surface area contributed by atoms with E-state index in [-0.39, 0.29) is 22.9 Å². The van der Waals surface area contributed by atoms with E-state index in [0.29, 0.717) is 22.9 Å². The summed E-state index contributed by atoms with van der Waals surface area (Å²) in [6.07, 6.45) is 9.76. The molecule has 1 fully saturated rings. The van der Waals surface area contributed by atoms with Gasteiger partial charge in [-0.25, -0.2) is 0 Å². The van der Waals surface area contributed by atoms with Gasteiger partial charge in [0.15, 0.2) is 0 Å². The predicted octanol–water partition coefficient (Wildman–Crippen LogP) is 9.85. The molecule has 3 heterocycles. The number of fused-ring (bicyclic) bond motifs is 4. The summed E-state index contributed by atoms with van der Waals surface area (Å²) < 4.78 is 17.9. The number of nitrogens with zero attached hydrogens (tertiary/aromatic N) is 2. The van der Waals surface area contributed by atoms with E-state index < -0.39 is 28.8 Å². The maximum Gasteiger partial charge on any atom is 0.319 e. The standard InChI is InChI=1S/C37H44N2O6S2.C5H11N/c1-7-9-19-43-34(41)31(47-35(42)46-20-10-8-2)21-24(3)33(40)44-26-17-15-25-16-18-30-32(27(25)22-26)38-23-37(45-30)36(4,5)28-13-11-12-14-29(28)39(37)6;1-2-4-6-5-3-1/h11-18,22-24,31H,7-10,19-21H2,1-6H3;6H,1-5H2. The van der Waals surface area contributed by atoms with E-state index in [1.54, 1.807) is 19.1 Å². The third-order valence-electron chi connectivity index (χ3n) is 10.3. The topological polar surface area (TPSA) is 107 Å². The number of aliphatic imine (C=N–C) groups is 1. The first-order valence-electron chi connectivity index (χ1n) is 19.1. The summed E-state index contributed by atoms with van der Waals surface area (Å²) in [6, 6.07) is 17.7. The quantitative estimate of drug-likeness (QED) is 0.109. The molecule has 286 valence electrons. The van der Waals surface area contributed by atoms with Crippen LogP contribution in [0.2, 0.25) is 0 Å². The van der Waals surface area contributed by atoms with E-state index >= 15 is 0 Å². The van der Waals surface area contributed by atoms with Gasteiger partial charge in [-0.05, 0) is 94.3 Å². The number of thioether (sulfide) groups is 2. The number of benzene rings is 3. The minimum Gasteiger partial charge on any atom is -0.465 e. The fourth-order valence-electron chi connectivity index (χ4n) is 6.91. The van der Waals surface area contributed by atoms with Crippen molar-refractivity contribution < 1.29 is 28.6 Å². The van der Waals surface area contributed by atoms with E-state index in [1.165, 1.54) is 49.7 Å². The molecule has 1 spiro atoms. The van der Waals surface area contributed by atoms with Gasteiger partial charge in [0.05, 0.1) is 24.2 Å². The smallest absolute Gasteiger partial charge is 0.319 e. The van der Waals surface area contributed by atoms with Gasteiger partial charge in [0.25, 0.3) is 0 Å². The summed E-state index contributed by atoms with van der Waals surface area (Å²) >= 11 is 2.15. The summed E-state index contributed by atoms with van der Waals surface area (Å²) in [5.41, 5.74) is 1.78. The molecular weight excluding hydrogens is 707 g/mol. The van der Waals surface area contributed by atoms with Crippen molar-refractivity contribution in [2.24, 2.45) is 10.9 Å². The van der Waals surface area contributed by atoms with Crippen LogP contribution < -0.4 is 19.7 Å². The number of nitrogens with one attached hydrogen (secondary N) is 1. The van der Waals surface area contributed by atoms with Gasteiger partial charge in [0.2, 0.25) is 10.2 Å². The van der Waals surface area contributed by atoms with Crippen LogP contribution in [0.5, 0.6) is 11.5 Å². The number of carbonyl (C=O) groups excluding carboxylic acids is 3. The van der Waals surface area contributed by atoms with E-state index in [9.17, 15) is 14.4 Å². The number of hydrogen-bond acceptors (Lipinski definition) is 11. The summed E-state index contributed by atoms with van der Waals surface area (Å²) in [5, 5.41) is 4.22. The largest absolute Gasteiger partial charge is 0.465 e. The molecule has 6 rings (SSSR count). The number of likely N-dealkylation sites (N-methyl/N-ethyl adjacent to an activating group) is 1. The number of rotatable bonds is 12. The van der Waals surface area contributed by atoms with Gasteiger partial charge in [-0.1, -0.05) is 93.9 Å². The average molecular weight is 762 g/mol. The fraction of sp³-hybridized carbons (Fsp3) is 0.524. The van der Waals surface area contributed by atoms with Crippen molar-refractivity contribution in [2.45, 2.75) is 102 Å². The Morgan fingerprint density at radius 2 is 1.72 bits per heavy atom. The molecule has 0 aromatic heterocycles. The van der Waals surface area contributed by atoms with Gasteiger partial charge < -0.3 is 24.4 Å². The molecule has 0 radical (unpaired) electrons. The monoisotopic (exact) mass is 761 g/mol. The van der Waals surface area contributed by atoms with Crippen molar-refractivity contribution in [1.29, 1.82) is 0 Å². The summed E-state index contributed by atoms with van der Waals surface area (Å²) in [5.74, 6) is 0.0968. The first kappa shape index (κ1) is 40.6. The Balaban J connectivity index is 0.000000820. The molecule has 3 unspecified atom stereocenters. The van der Waals surface area contributed by atoms with E-state index in [1.807, 2.05) is 50.5 Å². The molecule has 0 amide bonds. The predicted molar refractivity (Wildman–Crippen MR) is 219 cm³/mol. The fourth-order valence-corrected chi connectivity index (χ4v) is 9.16. The molecule has 9 nitrogen and oxygen atoms in total. The van der Waals surface area contributed by atoms with Crippen LogP contribution >= 0.6 is 23.5 Å². The second-order valence-corrected chi connectivity index (χ2v) is 17.0. The zero-order valence-corrected chi connectivity index (χ0v) is 33.7. The van der Waals surface area contributed by atoms with Crippen molar-refractivity contribution in [1.82, 2.24) is 5.32 Å². The number of hydrogen-bond donors (Lipinski definition) is 1. The molecule has 1 N–H and O–H groups in total. The van der Waals surface area contributed by atoms with Crippen LogP contribution in [0, 0.1) is 5.92 Å². The van der Waals surface area contributed by atoms with E-state index in [0.717, 1.165) is 53.9 Å². The second-order valence-electron chi connectivity index (χ2n) is 14.5. The molecule has 3 aliphatic rings. The van der Waals surface area contributed by atoms with Gasteiger partial charge in [-0.15, -0.1) is 0 Å². The summed E-state index contributed by atoms with van der Waals surface area (Å²) in [4.78, 5) is 45.9. The highest BCUT2D eigenvalue weighted by atomic mass is 32.2. The lowest BCUT2D eigenvalue weighted by atomic mass is 9.77. The highest BCUT2D eigenvalue weighted by Gasteiger charge is 2.58. The minimum atomic E-state index is -0.807. The highest BCUT2D eigenvalue weighted by molar-refractivity contribution is 8.39. The Kier molecular flexibility index (Phi) is 14.3. The second kappa shape index (κ2) is 18.7. The number of unbranched alkanes of at least 4 members (excludes halogenated alkanes) is 2. The Morgan fingerprint density at radius 3 is 2.40 bits per heavy atom. The molecule has 53 heavy (non-hydrogen) atoms. The molecule has 3 aromatic carbocycles. The highest BCUT2D eigenvalue weighted by Crippen LogP contribution is 2.54. The molecule has 0 saturated carbocycles. The number of para-hydroxylation sites is 1. The number of anilines is 1. The van der Waals surface area contributed by atoms with Crippen LogP contribution in [0.3, 0.4) is 0 Å². The van der Waals surface area contributed by atoms with Crippen LogP contribution in [0.15, 0.2) is 59.6 Å². The molecule has 3 atom stereocenters. The normalized spacial score (nSPS) is 19.3. The number of carbonyl (C=O) groups is 3. The van der Waals surface area contributed by atoms with Crippen LogP contribution in [-0.2, 0) is 19.7 Å². The lowest BCUT2D eigenvalue weighted by Gasteiger charge is -2.45. The lowest BCUT2D eigenvalue weighted by molar-refractivity contribution is -0.144. The SMILES string of the molecule is C1CCNCC1.CCCCOC(=O)C(CC(C)C(=O)Oc1ccc2ccc3c(c2c1)N=CC1(O3)N(C)c2ccccc2C1(C)C)SC(=O)SCCCC. The zero-order valence-electron chi connectivity index (χ0n) is 32.1. The maximum absolute atomic E-state index is 13.3. The third-order valence-corrected chi connectivity index (χ3v) is 12.5. The first-order valence-corrected chi connectivity index (χ1v) is 21.0. The number of piperidine rings is 1. The summed E-state index contributed by atoms with van der Waals surface area (Å²) in [6.45, 7) is 12.9. The number of esters is 2. The molecule has 0 aliphatic carbocycles. The average Bonchev–Trinajstić information content (AvgIpc) is 3.32. The minimum absolute atomic E-state index is 0.128. The molecule has 11 heteroatoms. The van der Waals surface area contributed by atoms with Crippen molar-refractivity contribution in [2.75, 3.05) is 37.4 Å². The Hall–Kier alpha value is -3.54. The van der Waals surface area contributed by atoms with Crippen LogP contribution in [0.1, 0.15) is 91.5 Å². The summed E-state index contributed by atoms with van der Waals surface area (Å²) in [7, 11) is 2.03. The maximum atomic E-state index is 13.3. The van der Waals surface area contributed by atoms with Crippen LogP contribution in [-0.4, -0.2) is 66.1 Å². The zero-order chi connectivity index (χ0) is 38.0. The first-order chi connectivity index (χ1) is 25.5.